The standard InChI is InChI=1S/C51H73ClO10SSi2/c1-49(2,3)64(9,10)62-44-32-45-47(59-41(44)29-30-56-65(50(4,5)6,38-23-16-12-17-24-38)39-25-18-13-19-26-39)48(54-33-36-21-14-11-15-22-36)46-42(57-45)28-20-27-40(58-46)43(61-63(53)35-52)31-37-34-55-51(7,8)60-37/h11-27,37,40-48H,28-35H2,1-10H3/t37-,40+,41+,42-,43+,44-,45+,46-,47+,48+,63?/m0/s1. The highest BCUT2D eigenvalue weighted by Gasteiger charge is 2.56. The second-order valence-electron chi connectivity index (χ2n) is 21.0. The number of alkyl halides is 1. The summed E-state index contributed by atoms with van der Waals surface area (Å²) in [6, 6.07) is 31.7. The van der Waals surface area contributed by atoms with Crippen molar-refractivity contribution in [3.8, 4) is 0 Å². The Morgan fingerprint density at radius 3 is 2.02 bits per heavy atom. The highest BCUT2D eigenvalue weighted by Crippen LogP contribution is 2.44. The molecule has 14 heteroatoms. The zero-order chi connectivity index (χ0) is 46.6. The van der Waals surface area contributed by atoms with Crippen molar-refractivity contribution in [2.24, 2.45) is 0 Å². The molecule has 4 aliphatic heterocycles. The van der Waals surface area contributed by atoms with Gasteiger partial charge in [-0.1, -0.05) is 145 Å². The quantitative estimate of drug-likeness (QED) is 0.0740. The lowest BCUT2D eigenvalue weighted by molar-refractivity contribution is -0.301. The first kappa shape index (κ1) is 50.8. The van der Waals surface area contributed by atoms with Gasteiger partial charge in [-0.25, -0.2) is 4.21 Å². The van der Waals surface area contributed by atoms with E-state index in [1.807, 2.05) is 38.1 Å². The molecule has 0 radical (unpaired) electrons. The lowest BCUT2D eigenvalue weighted by atomic mass is 9.86. The predicted octanol–water partition coefficient (Wildman–Crippen LogP) is 9.35. The third-order valence-corrected chi connectivity index (χ3v) is 24.6. The Hall–Kier alpha value is -2.09. The van der Waals surface area contributed by atoms with Crippen molar-refractivity contribution in [3.63, 3.8) is 0 Å². The van der Waals surface area contributed by atoms with E-state index in [1.165, 1.54) is 10.4 Å². The second-order valence-corrected chi connectivity index (χ2v) is 31.8. The monoisotopic (exact) mass is 968 g/mol. The minimum absolute atomic E-state index is 0.0221. The first-order valence-corrected chi connectivity index (χ1v) is 30.0. The van der Waals surface area contributed by atoms with Gasteiger partial charge >= 0.3 is 0 Å². The summed E-state index contributed by atoms with van der Waals surface area (Å²) < 4.78 is 74.7. The molecule has 3 saturated heterocycles. The molecule has 3 fully saturated rings. The molecule has 4 heterocycles. The fourth-order valence-corrected chi connectivity index (χ4v) is 16.3. The van der Waals surface area contributed by atoms with Crippen LogP contribution >= 0.6 is 11.6 Å². The number of benzene rings is 3. The van der Waals surface area contributed by atoms with Crippen LogP contribution in [0.4, 0.5) is 0 Å². The van der Waals surface area contributed by atoms with Gasteiger partial charge < -0.3 is 37.3 Å². The predicted molar refractivity (Wildman–Crippen MR) is 263 cm³/mol. The summed E-state index contributed by atoms with van der Waals surface area (Å²) in [5, 5.41) is 2.10. The van der Waals surface area contributed by atoms with E-state index < -0.39 is 64.0 Å². The van der Waals surface area contributed by atoms with Crippen LogP contribution in [0.15, 0.2) is 103 Å². The molecule has 0 aliphatic carbocycles. The molecule has 0 saturated carbocycles. The summed E-state index contributed by atoms with van der Waals surface area (Å²) in [6.07, 6.45) is 1.93. The molecule has 3 aromatic rings. The zero-order valence-electron chi connectivity index (χ0n) is 40.1. The molecular formula is C51H73ClO10SSi2. The van der Waals surface area contributed by atoms with Gasteiger partial charge in [-0.3, -0.25) is 4.18 Å². The Morgan fingerprint density at radius 1 is 0.831 bits per heavy atom. The summed E-state index contributed by atoms with van der Waals surface area (Å²) in [7, 11) is -5.12. The van der Waals surface area contributed by atoms with Crippen LogP contribution in [-0.2, 0) is 59.1 Å². The van der Waals surface area contributed by atoms with Crippen molar-refractivity contribution in [1.82, 2.24) is 0 Å². The fourth-order valence-electron chi connectivity index (χ4n) is 9.66. The van der Waals surface area contributed by atoms with Crippen molar-refractivity contribution in [2.75, 3.05) is 18.4 Å². The van der Waals surface area contributed by atoms with Crippen molar-refractivity contribution < 1.29 is 45.7 Å². The van der Waals surface area contributed by atoms with Gasteiger partial charge in [0, 0.05) is 19.4 Å². The van der Waals surface area contributed by atoms with Gasteiger partial charge in [0.25, 0.3) is 8.32 Å². The summed E-state index contributed by atoms with van der Waals surface area (Å²) in [6.45, 7) is 23.3. The summed E-state index contributed by atoms with van der Waals surface area (Å²) in [5.41, 5.74) is 1.04. The van der Waals surface area contributed by atoms with Crippen LogP contribution in [0.1, 0.15) is 86.6 Å². The molecule has 65 heavy (non-hydrogen) atoms. The lowest BCUT2D eigenvalue weighted by Gasteiger charge is -2.53. The Labute approximate surface area is 398 Å². The zero-order valence-corrected chi connectivity index (χ0v) is 43.7. The van der Waals surface area contributed by atoms with Gasteiger partial charge in [-0.05, 0) is 65.8 Å². The maximum atomic E-state index is 13.0. The Bertz CT molecular complexity index is 1970. The molecule has 0 N–H and O–H groups in total. The van der Waals surface area contributed by atoms with Crippen LogP contribution in [-0.4, -0.2) is 106 Å². The molecule has 358 valence electrons. The average molecular weight is 970 g/mol. The van der Waals surface area contributed by atoms with Gasteiger partial charge in [0.2, 0.25) is 0 Å². The molecule has 7 rings (SSSR count). The smallest absolute Gasteiger partial charge is 0.261 e. The molecule has 0 bridgehead atoms. The number of ether oxygens (including phenoxy) is 6. The van der Waals surface area contributed by atoms with E-state index in [4.69, 9.17) is 53.1 Å². The molecule has 10 nitrogen and oxygen atoms in total. The van der Waals surface area contributed by atoms with E-state index >= 15 is 0 Å². The fraction of sp³-hybridized carbons (Fsp3) is 0.608. The normalized spacial score (nSPS) is 29.4. The van der Waals surface area contributed by atoms with Crippen LogP contribution in [0.5, 0.6) is 0 Å². The number of hydrogen-bond donors (Lipinski definition) is 0. The Kier molecular flexibility index (Phi) is 16.6. The van der Waals surface area contributed by atoms with E-state index in [9.17, 15) is 4.21 Å². The highest BCUT2D eigenvalue weighted by atomic mass is 35.5. The van der Waals surface area contributed by atoms with E-state index in [0.717, 1.165) is 5.56 Å². The van der Waals surface area contributed by atoms with Crippen molar-refractivity contribution in [1.29, 1.82) is 0 Å². The van der Waals surface area contributed by atoms with E-state index in [0.29, 0.717) is 45.5 Å². The molecule has 0 amide bonds. The van der Waals surface area contributed by atoms with E-state index in [2.05, 4.69) is 134 Å². The largest absolute Gasteiger partial charge is 0.411 e. The van der Waals surface area contributed by atoms with E-state index in [-0.39, 0.29) is 45.8 Å². The second kappa shape index (κ2) is 21.3. The average Bonchev–Trinajstić information content (AvgIpc) is 3.46. The van der Waals surface area contributed by atoms with Crippen molar-refractivity contribution in [3.05, 3.63) is 109 Å². The third-order valence-electron chi connectivity index (χ3n) is 13.9. The van der Waals surface area contributed by atoms with Crippen LogP contribution in [0.3, 0.4) is 0 Å². The van der Waals surface area contributed by atoms with Crippen LogP contribution in [0.25, 0.3) is 0 Å². The topological polar surface area (TPSA) is 100 Å². The number of fused-ring (bicyclic) bond motifs is 2. The number of hydrogen-bond acceptors (Lipinski definition) is 10. The Balaban J connectivity index is 1.21. The summed E-state index contributed by atoms with van der Waals surface area (Å²) in [4.78, 5) is 0. The molecule has 11 atom stereocenters. The van der Waals surface area contributed by atoms with E-state index in [1.54, 1.807) is 0 Å². The van der Waals surface area contributed by atoms with Gasteiger partial charge in [-0.2, -0.15) is 0 Å². The third kappa shape index (κ3) is 12.0. The molecular weight excluding hydrogens is 896 g/mol. The SMILES string of the molecule is CC1(C)OC[C@H](C[C@@H](OS(=O)CCl)[C@H]2C=CC[C@@H]3O[C@@H]4C[C@H](O[Si](C)(C)C(C)(C)C)[C@@H](CCO[Si](c5ccccc5)(c5ccccc5)C(C)(C)C)O[C@H]4[C@H](OCc4ccccc4)[C@H]3O2)O1. The Morgan fingerprint density at radius 2 is 1.45 bits per heavy atom. The maximum Gasteiger partial charge on any atom is 0.261 e. The van der Waals surface area contributed by atoms with Crippen molar-refractivity contribution in [2.45, 2.75) is 178 Å². The van der Waals surface area contributed by atoms with Gasteiger partial charge in [0.15, 0.2) is 25.2 Å². The van der Waals surface area contributed by atoms with Gasteiger partial charge in [0.05, 0.1) is 43.7 Å². The van der Waals surface area contributed by atoms with Gasteiger partial charge in [-0.15, -0.1) is 11.6 Å². The molecule has 3 aromatic carbocycles. The van der Waals surface area contributed by atoms with Gasteiger partial charge in [0.1, 0.15) is 35.7 Å². The maximum absolute atomic E-state index is 13.0. The van der Waals surface area contributed by atoms with Crippen LogP contribution in [0.2, 0.25) is 23.2 Å². The number of rotatable bonds is 17. The minimum Gasteiger partial charge on any atom is -0.411 e. The molecule has 0 spiro atoms. The first-order valence-electron chi connectivity index (χ1n) is 23.4. The van der Waals surface area contributed by atoms with Crippen LogP contribution in [0, 0.1) is 0 Å². The lowest BCUT2D eigenvalue weighted by Crippen LogP contribution is -2.67. The number of halogens is 1. The minimum atomic E-state index is -2.84. The molecule has 1 unspecified atom stereocenters. The molecule has 0 aromatic heterocycles. The first-order chi connectivity index (χ1) is 30.8. The summed E-state index contributed by atoms with van der Waals surface area (Å²) >= 11 is 4.31. The van der Waals surface area contributed by atoms with Crippen molar-refractivity contribution >= 4 is 49.7 Å². The summed E-state index contributed by atoms with van der Waals surface area (Å²) in [5.74, 6) is -0.736. The van der Waals surface area contributed by atoms with Crippen LogP contribution < -0.4 is 10.4 Å². The highest BCUT2D eigenvalue weighted by molar-refractivity contribution is 7.81. The molecule has 4 aliphatic rings.